The number of hydrogen-bond acceptors (Lipinski definition) is 3. The Balaban J connectivity index is 2.41. The molecule has 1 heterocycles. The minimum absolute atomic E-state index is 0.479. The Morgan fingerprint density at radius 2 is 2.29 bits per heavy atom. The highest BCUT2D eigenvalue weighted by Crippen LogP contribution is 2.21. The smallest absolute Gasteiger partial charge is 0.157 e. The molecule has 1 N–H and O–H groups in total. The van der Waals surface area contributed by atoms with Crippen molar-refractivity contribution in [3.8, 4) is 0 Å². The first-order chi connectivity index (χ1) is 6.63. The molecule has 0 aromatic rings. The van der Waals surface area contributed by atoms with E-state index in [1.807, 2.05) is 11.8 Å². The zero-order chi connectivity index (χ0) is 10.6. The van der Waals surface area contributed by atoms with Crippen LogP contribution >= 0.6 is 11.8 Å². The molecule has 0 saturated heterocycles. The summed E-state index contributed by atoms with van der Waals surface area (Å²) < 4.78 is 0. The molecule has 0 fully saturated rings. The van der Waals surface area contributed by atoms with Crippen LogP contribution in [0.2, 0.25) is 0 Å². The lowest BCUT2D eigenvalue weighted by molar-refractivity contribution is 0.528. The molecule has 1 aliphatic heterocycles. The van der Waals surface area contributed by atoms with E-state index >= 15 is 0 Å². The summed E-state index contributed by atoms with van der Waals surface area (Å²) in [6.07, 6.45) is 2.46. The first kappa shape index (κ1) is 11.9. The Kier molecular flexibility index (Phi) is 4.79. The molecule has 2 nitrogen and oxygen atoms in total. The number of nitrogens with zero attached hydrogens (tertiary/aromatic N) is 1. The van der Waals surface area contributed by atoms with E-state index in [2.05, 4.69) is 38.0 Å². The number of hydrogen-bond donors (Lipinski definition) is 1. The molecule has 0 amide bonds. The lowest BCUT2D eigenvalue weighted by Crippen LogP contribution is -2.35. The van der Waals surface area contributed by atoms with E-state index in [1.165, 1.54) is 18.6 Å². The minimum Gasteiger partial charge on any atom is -0.362 e. The number of nitrogens with one attached hydrogen (secondary N) is 1. The van der Waals surface area contributed by atoms with Crippen LogP contribution < -0.4 is 5.32 Å². The van der Waals surface area contributed by atoms with Crippen molar-refractivity contribution in [3.05, 3.63) is 0 Å². The molecule has 1 rings (SSSR count). The molecule has 14 heavy (non-hydrogen) atoms. The number of rotatable bonds is 3. The summed E-state index contributed by atoms with van der Waals surface area (Å²) in [5.41, 5.74) is 0. The van der Waals surface area contributed by atoms with E-state index in [1.54, 1.807) is 0 Å². The largest absolute Gasteiger partial charge is 0.362 e. The molecular weight excluding hydrogens is 192 g/mol. The lowest BCUT2D eigenvalue weighted by atomic mass is 10.1. The zero-order valence-corrected chi connectivity index (χ0v) is 10.5. The van der Waals surface area contributed by atoms with Gasteiger partial charge in [0.1, 0.15) is 0 Å². The molecule has 0 aromatic heterocycles. The van der Waals surface area contributed by atoms with Gasteiger partial charge in [-0.2, -0.15) is 0 Å². The predicted molar refractivity (Wildman–Crippen MR) is 66.0 cm³/mol. The maximum Gasteiger partial charge on any atom is 0.157 e. The highest BCUT2D eigenvalue weighted by molar-refractivity contribution is 8.13. The van der Waals surface area contributed by atoms with E-state index in [-0.39, 0.29) is 0 Å². The number of thioether (sulfide) groups is 1. The van der Waals surface area contributed by atoms with Gasteiger partial charge in [0, 0.05) is 11.8 Å². The van der Waals surface area contributed by atoms with Gasteiger partial charge in [-0.25, -0.2) is 0 Å². The Labute approximate surface area is 92.0 Å². The molecule has 0 aliphatic carbocycles. The summed E-state index contributed by atoms with van der Waals surface area (Å²) in [7, 11) is 0. The van der Waals surface area contributed by atoms with Crippen LogP contribution in [0.15, 0.2) is 4.99 Å². The number of amidine groups is 1. The first-order valence-electron chi connectivity index (χ1n) is 5.60. The molecule has 0 aromatic carbocycles. The Hall–Kier alpha value is -0.180. The highest BCUT2D eigenvalue weighted by atomic mass is 32.2. The quantitative estimate of drug-likeness (QED) is 0.781. The zero-order valence-electron chi connectivity index (χ0n) is 9.71. The molecule has 0 spiro atoms. The molecular formula is C11H22N2S. The van der Waals surface area contributed by atoms with Crippen LogP contribution in [0.3, 0.4) is 0 Å². The Bertz CT molecular complexity index is 203. The van der Waals surface area contributed by atoms with Crippen molar-refractivity contribution in [2.75, 3.05) is 5.75 Å². The minimum atomic E-state index is 0.479. The van der Waals surface area contributed by atoms with Crippen LogP contribution in [0.5, 0.6) is 0 Å². The van der Waals surface area contributed by atoms with Crippen LogP contribution in [0.4, 0.5) is 0 Å². The van der Waals surface area contributed by atoms with Gasteiger partial charge in [-0.3, -0.25) is 4.99 Å². The summed E-state index contributed by atoms with van der Waals surface area (Å²) >= 11 is 1.87. The topological polar surface area (TPSA) is 24.4 Å². The van der Waals surface area contributed by atoms with Gasteiger partial charge in [0.15, 0.2) is 5.17 Å². The fraction of sp³-hybridized carbons (Fsp3) is 0.909. The second-order valence-corrected chi connectivity index (χ2v) is 5.31. The fourth-order valence-corrected chi connectivity index (χ4v) is 2.72. The molecule has 3 atom stereocenters. The van der Waals surface area contributed by atoms with Crippen LogP contribution in [-0.2, 0) is 0 Å². The number of aliphatic imine (C=N–C) groups is 1. The van der Waals surface area contributed by atoms with Crippen LogP contribution in [0.25, 0.3) is 0 Å². The van der Waals surface area contributed by atoms with E-state index < -0.39 is 0 Å². The predicted octanol–water partition coefficient (Wildman–Crippen LogP) is 2.89. The highest BCUT2D eigenvalue weighted by Gasteiger charge is 2.19. The Morgan fingerprint density at radius 1 is 1.57 bits per heavy atom. The van der Waals surface area contributed by atoms with Crippen molar-refractivity contribution >= 4 is 16.9 Å². The normalized spacial score (nSPS) is 29.6. The summed E-state index contributed by atoms with van der Waals surface area (Å²) in [4.78, 5) is 4.65. The average molecular weight is 214 g/mol. The fourth-order valence-electron chi connectivity index (χ4n) is 1.49. The van der Waals surface area contributed by atoms with Crippen molar-refractivity contribution in [2.45, 2.75) is 52.6 Å². The molecule has 82 valence electrons. The summed E-state index contributed by atoms with van der Waals surface area (Å²) in [5.74, 6) is 1.92. The summed E-state index contributed by atoms with van der Waals surface area (Å²) in [6.45, 7) is 8.93. The SMILES string of the molecule is CCCC(C)NC1=NC(C)C(C)CS1. The summed E-state index contributed by atoms with van der Waals surface area (Å²) in [5, 5.41) is 4.63. The lowest BCUT2D eigenvalue weighted by Gasteiger charge is -2.25. The molecule has 0 radical (unpaired) electrons. The van der Waals surface area contributed by atoms with Gasteiger partial charge in [-0.1, -0.05) is 32.0 Å². The van der Waals surface area contributed by atoms with Crippen LogP contribution in [0, 0.1) is 5.92 Å². The molecule has 1 aliphatic rings. The second kappa shape index (κ2) is 5.64. The van der Waals surface area contributed by atoms with Crippen molar-refractivity contribution in [1.82, 2.24) is 5.32 Å². The maximum atomic E-state index is 4.65. The van der Waals surface area contributed by atoms with Gasteiger partial charge in [0.25, 0.3) is 0 Å². The van der Waals surface area contributed by atoms with Crippen molar-refractivity contribution in [2.24, 2.45) is 10.9 Å². The van der Waals surface area contributed by atoms with Crippen molar-refractivity contribution < 1.29 is 0 Å². The van der Waals surface area contributed by atoms with Gasteiger partial charge < -0.3 is 5.32 Å². The molecule has 0 saturated carbocycles. The van der Waals surface area contributed by atoms with Crippen molar-refractivity contribution in [3.63, 3.8) is 0 Å². The third-order valence-corrected chi connectivity index (χ3v) is 3.91. The van der Waals surface area contributed by atoms with Gasteiger partial charge in [-0.15, -0.1) is 0 Å². The van der Waals surface area contributed by atoms with Gasteiger partial charge in [0.2, 0.25) is 0 Å². The van der Waals surface area contributed by atoms with E-state index in [0.29, 0.717) is 18.0 Å². The van der Waals surface area contributed by atoms with Gasteiger partial charge in [-0.05, 0) is 26.2 Å². The standard InChI is InChI=1S/C11H22N2S/c1-5-6-9(3)12-11-13-10(4)8(2)7-14-11/h8-10H,5-7H2,1-4H3,(H,12,13). The van der Waals surface area contributed by atoms with E-state index in [0.717, 1.165) is 5.17 Å². The van der Waals surface area contributed by atoms with Crippen LogP contribution in [0.1, 0.15) is 40.5 Å². The summed E-state index contributed by atoms with van der Waals surface area (Å²) in [6, 6.07) is 1.04. The first-order valence-corrected chi connectivity index (χ1v) is 6.59. The Morgan fingerprint density at radius 3 is 2.86 bits per heavy atom. The van der Waals surface area contributed by atoms with E-state index in [9.17, 15) is 0 Å². The average Bonchev–Trinajstić information content (AvgIpc) is 2.12. The monoisotopic (exact) mass is 214 g/mol. The molecule has 3 heteroatoms. The third-order valence-electron chi connectivity index (χ3n) is 2.72. The maximum absolute atomic E-state index is 4.65. The molecule has 0 bridgehead atoms. The van der Waals surface area contributed by atoms with Crippen molar-refractivity contribution in [1.29, 1.82) is 0 Å². The third kappa shape index (κ3) is 3.52. The molecule has 3 unspecified atom stereocenters. The van der Waals surface area contributed by atoms with E-state index in [4.69, 9.17) is 0 Å². The second-order valence-electron chi connectivity index (χ2n) is 4.30. The van der Waals surface area contributed by atoms with Crippen LogP contribution in [-0.4, -0.2) is 23.0 Å². The van der Waals surface area contributed by atoms with Gasteiger partial charge >= 0.3 is 0 Å². The van der Waals surface area contributed by atoms with Gasteiger partial charge in [0.05, 0.1) is 6.04 Å².